The summed E-state index contributed by atoms with van der Waals surface area (Å²) >= 11 is 0. The Morgan fingerprint density at radius 2 is 2.00 bits per heavy atom. The van der Waals surface area contributed by atoms with Crippen LogP contribution in [0.3, 0.4) is 0 Å². The molecule has 2 rings (SSSR count). The van der Waals surface area contributed by atoms with Crippen molar-refractivity contribution >= 4 is 6.09 Å². The van der Waals surface area contributed by atoms with Gasteiger partial charge in [-0.2, -0.15) is 0 Å². The lowest BCUT2D eigenvalue weighted by atomic mass is 10.2. The third kappa shape index (κ3) is 6.00. The lowest BCUT2D eigenvalue weighted by Crippen LogP contribution is -2.22. The molecule has 6 nitrogen and oxygen atoms in total. The van der Waals surface area contributed by atoms with E-state index in [2.05, 4.69) is 15.4 Å². The third-order valence-electron chi connectivity index (χ3n) is 2.42. The quantitative estimate of drug-likeness (QED) is 0.711. The van der Waals surface area contributed by atoms with Crippen molar-refractivity contribution in [2.75, 3.05) is 0 Å². The van der Waals surface area contributed by atoms with Crippen molar-refractivity contribution in [3.63, 3.8) is 0 Å². The Labute approximate surface area is 94.6 Å². The Hall–Kier alpha value is -1.59. The monoisotopic (exact) mass is 226 g/mol. The van der Waals surface area contributed by atoms with Gasteiger partial charge < -0.3 is 10.5 Å². The largest absolute Gasteiger partial charge is 0.446 e. The highest BCUT2D eigenvalue weighted by molar-refractivity contribution is 5.64. The topological polar surface area (TPSA) is 93.9 Å². The molecule has 0 spiro atoms. The minimum absolute atomic E-state index is 0.0926. The molecule has 3 N–H and O–H groups in total. The first-order valence-corrected chi connectivity index (χ1v) is 5.55. The molecular formula is C10H18N4O2. The molecule has 1 aromatic rings. The lowest BCUT2D eigenvalue weighted by molar-refractivity contribution is 0.0972. The molecule has 1 aliphatic rings. The molecule has 1 aliphatic carbocycles. The number of aromatic nitrogens is 3. The number of carbonyl (C=O) groups is 1. The fourth-order valence-electron chi connectivity index (χ4n) is 1.69. The zero-order chi connectivity index (χ0) is 11.6. The van der Waals surface area contributed by atoms with E-state index in [0.29, 0.717) is 0 Å². The van der Waals surface area contributed by atoms with Gasteiger partial charge in [-0.05, 0) is 25.7 Å². The SMILES string of the molecule is NC(=O)OC1CCCCCC1.c1c[nH]nn1. The van der Waals surface area contributed by atoms with Crippen molar-refractivity contribution < 1.29 is 9.53 Å². The minimum atomic E-state index is -0.628. The van der Waals surface area contributed by atoms with Gasteiger partial charge in [-0.15, -0.1) is 5.10 Å². The highest BCUT2D eigenvalue weighted by Gasteiger charge is 2.14. The molecule has 0 aliphatic heterocycles. The zero-order valence-electron chi connectivity index (χ0n) is 9.26. The first-order chi connectivity index (χ1) is 7.79. The first-order valence-electron chi connectivity index (χ1n) is 5.55. The average Bonchev–Trinajstić information content (AvgIpc) is 2.72. The number of nitrogens with two attached hydrogens (primary N) is 1. The van der Waals surface area contributed by atoms with E-state index in [1.54, 1.807) is 12.4 Å². The molecule has 1 aromatic heterocycles. The molecular weight excluding hydrogens is 208 g/mol. The third-order valence-corrected chi connectivity index (χ3v) is 2.42. The molecule has 16 heavy (non-hydrogen) atoms. The second-order valence-electron chi connectivity index (χ2n) is 3.71. The Morgan fingerprint density at radius 1 is 1.31 bits per heavy atom. The van der Waals surface area contributed by atoms with Gasteiger partial charge in [0.2, 0.25) is 0 Å². The van der Waals surface area contributed by atoms with Gasteiger partial charge in [0.1, 0.15) is 6.10 Å². The van der Waals surface area contributed by atoms with E-state index in [-0.39, 0.29) is 6.10 Å². The van der Waals surface area contributed by atoms with Gasteiger partial charge in [-0.1, -0.05) is 18.1 Å². The molecule has 6 heteroatoms. The summed E-state index contributed by atoms with van der Waals surface area (Å²) in [5.41, 5.74) is 4.91. The standard InChI is InChI=1S/C8H15NO2.C2H3N3/c9-8(10)11-7-5-3-1-2-4-6-7;1-2-4-5-3-1/h7H,1-6H2,(H2,9,10);1-2H,(H,3,4,5). The number of carbonyl (C=O) groups excluding carboxylic acids is 1. The second kappa shape index (κ2) is 7.67. The van der Waals surface area contributed by atoms with E-state index in [9.17, 15) is 4.79 Å². The maximum Gasteiger partial charge on any atom is 0.404 e. The molecule has 1 heterocycles. The molecule has 0 radical (unpaired) electrons. The fraction of sp³-hybridized carbons (Fsp3) is 0.700. The highest BCUT2D eigenvalue weighted by Crippen LogP contribution is 2.19. The van der Waals surface area contributed by atoms with Crippen LogP contribution in [0, 0.1) is 0 Å². The van der Waals surface area contributed by atoms with Crippen molar-refractivity contribution in [3.8, 4) is 0 Å². The lowest BCUT2D eigenvalue weighted by Gasteiger charge is -2.12. The van der Waals surface area contributed by atoms with Crippen LogP contribution < -0.4 is 5.73 Å². The van der Waals surface area contributed by atoms with Crippen LogP contribution in [0.2, 0.25) is 0 Å². The number of primary amides is 1. The predicted molar refractivity (Wildman–Crippen MR) is 58.5 cm³/mol. The molecule has 0 saturated heterocycles. The summed E-state index contributed by atoms with van der Waals surface area (Å²) in [4.78, 5) is 10.4. The molecule has 1 saturated carbocycles. The van der Waals surface area contributed by atoms with Crippen molar-refractivity contribution in [2.45, 2.75) is 44.6 Å². The predicted octanol–water partition coefficient (Wildman–Crippen LogP) is 1.61. The van der Waals surface area contributed by atoms with E-state index >= 15 is 0 Å². The smallest absolute Gasteiger partial charge is 0.404 e. The summed E-state index contributed by atoms with van der Waals surface area (Å²) in [5.74, 6) is 0. The van der Waals surface area contributed by atoms with Gasteiger partial charge in [-0.3, -0.25) is 5.10 Å². The normalized spacial score (nSPS) is 16.8. The van der Waals surface area contributed by atoms with Gasteiger partial charge in [-0.25, -0.2) is 4.79 Å². The Balaban J connectivity index is 0.000000212. The first kappa shape index (κ1) is 12.5. The van der Waals surface area contributed by atoms with Gasteiger partial charge >= 0.3 is 6.09 Å². The Bertz CT molecular complexity index is 251. The molecule has 0 bridgehead atoms. The zero-order valence-corrected chi connectivity index (χ0v) is 9.26. The molecule has 0 aromatic carbocycles. The van der Waals surface area contributed by atoms with E-state index in [1.807, 2.05) is 0 Å². The Morgan fingerprint density at radius 3 is 2.38 bits per heavy atom. The summed E-state index contributed by atoms with van der Waals surface area (Å²) in [5, 5.41) is 9.26. The van der Waals surface area contributed by atoms with Crippen molar-refractivity contribution in [2.24, 2.45) is 5.73 Å². The summed E-state index contributed by atoms with van der Waals surface area (Å²) in [6.07, 6.45) is 9.53. The van der Waals surface area contributed by atoms with Crippen molar-refractivity contribution in [1.29, 1.82) is 0 Å². The molecule has 1 amide bonds. The van der Waals surface area contributed by atoms with Crippen molar-refractivity contribution in [1.82, 2.24) is 15.4 Å². The van der Waals surface area contributed by atoms with E-state index in [0.717, 1.165) is 25.7 Å². The summed E-state index contributed by atoms with van der Waals surface area (Å²) in [6, 6.07) is 0. The maximum atomic E-state index is 10.4. The summed E-state index contributed by atoms with van der Waals surface area (Å²) < 4.78 is 4.91. The van der Waals surface area contributed by atoms with Crippen LogP contribution in [0.5, 0.6) is 0 Å². The van der Waals surface area contributed by atoms with E-state index in [4.69, 9.17) is 10.5 Å². The summed E-state index contributed by atoms with van der Waals surface area (Å²) in [6.45, 7) is 0. The number of hydrogen-bond acceptors (Lipinski definition) is 4. The number of ether oxygens (including phenoxy) is 1. The van der Waals surface area contributed by atoms with Crippen molar-refractivity contribution in [3.05, 3.63) is 12.4 Å². The Kier molecular flexibility index (Phi) is 5.98. The van der Waals surface area contributed by atoms with Gasteiger partial charge in [0, 0.05) is 6.20 Å². The second-order valence-corrected chi connectivity index (χ2v) is 3.71. The van der Waals surface area contributed by atoms with Crippen LogP contribution in [0.1, 0.15) is 38.5 Å². The number of H-pyrrole nitrogens is 1. The minimum Gasteiger partial charge on any atom is -0.446 e. The number of aromatic amines is 1. The highest BCUT2D eigenvalue weighted by atomic mass is 16.6. The van der Waals surface area contributed by atoms with Crippen LogP contribution in [0.4, 0.5) is 4.79 Å². The fourth-order valence-corrected chi connectivity index (χ4v) is 1.69. The van der Waals surface area contributed by atoms with Crippen LogP contribution in [-0.4, -0.2) is 27.6 Å². The maximum absolute atomic E-state index is 10.4. The van der Waals surface area contributed by atoms with Gasteiger partial charge in [0.15, 0.2) is 0 Å². The number of nitrogens with one attached hydrogen (secondary N) is 1. The number of amides is 1. The van der Waals surface area contributed by atoms with Crippen LogP contribution >= 0.6 is 0 Å². The van der Waals surface area contributed by atoms with Crippen LogP contribution in [-0.2, 0) is 4.74 Å². The van der Waals surface area contributed by atoms with E-state index in [1.165, 1.54) is 12.8 Å². The van der Waals surface area contributed by atoms with Gasteiger partial charge in [0.05, 0.1) is 6.20 Å². The van der Waals surface area contributed by atoms with Gasteiger partial charge in [0.25, 0.3) is 0 Å². The summed E-state index contributed by atoms with van der Waals surface area (Å²) in [7, 11) is 0. The number of hydrogen-bond donors (Lipinski definition) is 2. The van der Waals surface area contributed by atoms with E-state index < -0.39 is 6.09 Å². The number of nitrogens with zero attached hydrogens (tertiary/aromatic N) is 2. The average molecular weight is 226 g/mol. The molecule has 90 valence electrons. The molecule has 0 atom stereocenters. The van der Waals surface area contributed by atoms with Crippen LogP contribution in [0.25, 0.3) is 0 Å². The van der Waals surface area contributed by atoms with Crippen LogP contribution in [0.15, 0.2) is 12.4 Å². The molecule has 1 fully saturated rings. The molecule has 0 unspecified atom stereocenters. The number of rotatable bonds is 1.